The molecular formula is C14H16N6O2. The van der Waals surface area contributed by atoms with Crippen molar-refractivity contribution in [1.29, 1.82) is 0 Å². The molecule has 2 heterocycles. The third-order valence-electron chi connectivity index (χ3n) is 3.56. The van der Waals surface area contributed by atoms with Crippen LogP contribution in [0.15, 0.2) is 24.3 Å². The fourth-order valence-electron chi connectivity index (χ4n) is 2.43. The minimum atomic E-state index is -0.618. The van der Waals surface area contributed by atoms with Crippen LogP contribution in [0.1, 0.15) is 18.7 Å². The van der Waals surface area contributed by atoms with Crippen molar-refractivity contribution < 1.29 is 9.59 Å². The Bertz CT molecular complexity index is 705. The highest BCUT2D eigenvalue weighted by molar-refractivity contribution is 6.39. The molecule has 114 valence electrons. The van der Waals surface area contributed by atoms with Gasteiger partial charge in [0.15, 0.2) is 5.82 Å². The van der Waals surface area contributed by atoms with Crippen LogP contribution in [0.4, 0.5) is 5.69 Å². The van der Waals surface area contributed by atoms with Crippen molar-refractivity contribution in [3.05, 3.63) is 30.1 Å². The molecule has 2 amide bonds. The maximum absolute atomic E-state index is 12.0. The summed E-state index contributed by atoms with van der Waals surface area (Å²) in [5.41, 5.74) is 1.25. The summed E-state index contributed by atoms with van der Waals surface area (Å²) in [6, 6.07) is 7.03. The SMILES string of the molecule is Cc1nnnn1-c1cccc(NC(=O)C(=O)N2CCCC2)c1. The third kappa shape index (κ3) is 2.80. The number of hydrogen-bond donors (Lipinski definition) is 1. The number of nitrogens with zero attached hydrogens (tertiary/aromatic N) is 5. The predicted octanol–water partition coefficient (Wildman–Crippen LogP) is 0.532. The maximum atomic E-state index is 12.0. The molecule has 1 N–H and O–H groups in total. The zero-order valence-corrected chi connectivity index (χ0v) is 12.2. The average Bonchev–Trinajstić information content (AvgIpc) is 3.18. The molecule has 1 fully saturated rings. The first-order valence-corrected chi connectivity index (χ1v) is 7.11. The van der Waals surface area contributed by atoms with Crippen LogP contribution in [0.2, 0.25) is 0 Å². The van der Waals surface area contributed by atoms with Gasteiger partial charge in [-0.1, -0.05) is 6.07 Å². The molecule has 1 aliphatic rings. The molecular weight excluding hydrogens is 284 g/mol. The number of carbonyl (C=O) groups excluding carboxylic acids is 2. The first kappa shape index (κ1) is 14.2. The number of hydrogen-bond acceptors (Lipinski definition) is 5. The summed E-state index contributed by atoms with van der Waals surface area (Å²) in [7, 11) is 0. The number of anilines is 1. The average molecular weight is 300 g/mol. The molecule has 0 aliphatic carbocycles. The number of tetrazole rings is 1. The molecule has 0 bridgehead atoms. The minimum absolute atomic E-state index is 0.485. The van der Waals surface area contributed by atoms with Gasteiger partial charge in [-0.3, -0.25) is 9.59 Å². The van der Waals surface area contributed by atoms with Crippen molar-refractivity contribution in [3.63, 3.8) is 0 Å². The summed E-state index contributed by atoms with van der Waals surface area (Å²) >= 11 is 0. The molecule has 0 saturated carbocycles. The number of carbonyl (C=O) groups is 2. The Morgan fingerprint density at radius 2 is 2.00 bits per heavy atom. The predicted molar refractivity (Wildman–Crippen MR) is 78.3 cm³/mol. The molecule has 3 rings (SSSR count). The van der Waals surface area contributed by atoms with Gasteiger partial charge in [0.05, 0.1) is 5.69 Å². The molecule has 0 unspecified atom stereocenters. The molecule has 1 saturated heterocycles. The number of aryl methyl sites for hydroxylation is 1. The van der Waals surface area contributed by atoms with Crippen molar-refractivity contribution in [2.45, 2.75) is 19.8 Å². The standard InChI is InChI=1S/C14H16N6O2/c1-10-16-17-18-20(10)12-6-4-5-11(9-12)15-13(21)14(22)19-7-2-3-8-19/h4-6,9H,2-3,7-8H2,1H3,(H,15,21). The Hall–Kier alpha value is -2.77. The fourth-order valence-corrected chi connectivity index (χ4v) is 2.43. The van der Waals surface area contributed by atoms with E-state index in [1.54, 1.807) is 34.7 Å². The molecule has 8 nitrogen and oxygen atoms in total. The number of rotatable bonds is 2. The summed E-state index contributed by atoms with van der Waals surface area (Å²) in [4.78, 5) is 25.6. The van der Waals surface area contributed by atoms with E-state index in [0.717, 1.165) is 12.8 Å². The van der Waals surface area contributed by atoms with Crippen LogP contribution in [0.25, 0.3) is 5.69 Å². The lowest BCUT2D eigenvalue weighted by molar-refractivity contribution is -0.142. The van der Waals surface area contributed by atoms with Crippen molar-refractivity contribution in [2.75, 3.05) is 18.4 Å². The lowest BCUT2D eigenvalue weighted by Gasteiger charge is -2.14. The Morgan fingerprint density at radius 1 is 1.23 bits per heavy atom. The quantitative estimate of drug-likeness (QED) is 0.817. The van der Waals surface area contributed by atoms with Crippen LogP contribution in [0.3, 0.4) is 0 Å². The number of nitrogens with one attached hydrogen (secondary N) is 1. The number of aromatic nitrogens is 4. The van der Waals surface area contributed by atoms with Crippen LogP contribution in [-0.2, 0) is 9.59 Å². The molecule has 1 aromatic carbocycles. The maximum Gasteiger partial charge on any atom is 0.313 e. The van der Waals surface area contributed by atoms with Crippen molar-refractivity contribution in [1.82, 2.24) is 25.1 Å². The zero-order chi connectivity index (χ0) is 15.5. The van der Waals surface area contributed by atoms with E-state index in [-0.39, 0.29) is 0 Å². The van der Waals surface area contributed by atoms with Gasteiger partial charge in [0, 0.05) is 18.8 Å². The molecule has 1 aromatic heterocycles. The van der Waals surface area contributed by atoms with Crippen LogP contribution < -0.4 is 5.32 Å². The first-order valence-electron chi connectivity index (χ1n) is 7.11. The van der Waals surface area contributed by atoms with Gasteiger partial charge in [-0.15, -0.1) is 5.10 Å². The Kier molecular flexibility index (Phi) is 3.82. The Balaban J connectivity index is 1.74. The van der Waals surface area contributed by atoms with Crippen LogP contribution in [-0.4, -0.2) is 50.0 Å². The van der Waals surface area contributed by atoms with Gasteiger partial charge < -0.3 is 10.2 Å². The van der Waals surface area contributed by atoms with E-state index in [0.29, 0.717) is 30.3 Å². The summed E-state index contributed by atoms with van der Waals surface area (Å²) in [6.07, 6.45) is 1.90. The summed E-state index contributed by atoms with van der Waals surface area (Å²) in [6.45, 7) is 3.08. The Labute approximate surface area is 127 Å². The molecule has 1 aliphatic heterocycles. The first-order chi connectivity index (χ1) is 10.6. The van der Waals surface area contributed by atoms with Gasteiger partial charge in [0.1, 0.15) is 0 Å². The van der Waals surface area contributed by atoms with Crippen LogP contribution in [0, 0.1) is 6.92 Å². The minimum Gasteiger partial charge on any atom is -0.334 e. The number of benzene rings is 1. The van der Waals surface area contributed by atoms with E-state index >= 15 is 0 Å². The van der Waals surface area contributed by atoms with E-state index in [9.17, 15) is 9.59 Å². The molecule has 0 atom stereocenters. The number of likely N-dealkylation sites (tertiary alicyclic amines) is 1. The molecule has 0 spiro atoms. The smallest absolute Gasteiger partial charge is 0.313 e. The van der Waals surface area contributed by atoms with Crippen LogP contribution in [0.5, 0.6) is 0 Å². The van der Waals surface area contributed by atoms with Gasteiger partial charge in [-0.2, -0.15) is 4.68 Å². The van der Waals surface area contributed by atoms with Crippen molar-refractivity contribution in [2.24, 2.45) is 0 Å². The Morgan fingerprint density at radius 3 is 2.68 bits per heavy atom. The fraction of sp³-hybridized carbons (Fsp3) is 0.357. The third-order valence-corrected chi connectivity index (χ3v) is 3.56. The van der Waals surface area contributed by atoms with Gasteiger partial charge in [0.2, 0.25) is 0 Å². The highest BCUT2D eigenvalue weighted by Gasteiger charge is 2.24. The second-order valence-corrected chi connectivity index (χ2v) is 5.14. The van der Waals surface area contributed by atoms with Gasteiger partial charge >= 0.3 is 11.8 Å². The summed E-state index contributed by atoms with van der Waals surface area (Å²) in [5, 5.41) is 13.9. The summed E-state index contributed by atoms with van der Waals surface area (Å²) < 4.78 is 1.55. The molecule has 0 radical (unpaired) electrons. The summed E-state index contributed by atoms with van der Waals surface area (Å²) in [5.74, 6) is -0.467. The van der Waals surface area contributed by atoms with Gasteiger partial charge in [-0.25, -0.2) is 0 Å². The van der Waals surface area contributed by atoms with Crippen molar-refractivity contribution in [3.8, 4) is 5.69 Å². The van der Waals surface area contributed by atoms with Gasteiger partial charge in [0.25, 0.3) is 0 Å². The normalized spacial score (nSPS) is 14.1. The van der Waals surface area contributed by atoms with E-state index in [1.807, 2.05) is 6.07 Å². The van der Waals surface area contributed by atoms with Crippen LogP contribution >= 0.6 is 0 Å². The largest absolute Gasteiger partial charge is 0.334 e. The van der Waals surface area contributed by atoms with E-state index in [2.05, 4.69) is 20.8 Å². The lowest BCUT2D eigenvalue weighted by Crippen LogP contribution is -2.37. The van der Waals surface area contributed by atoms with E-state index < -0.39 is 11.8 Å². The van der Waals surface area contributed by atoms with Gasteiger partial charge in [-0.05, 0) is 48.4 Å². The highest BCUT2D eigenvalue weighted by atomic mass is 16.2. The lowest BCUT2D eigenvalue weighted by atomic mass is 10.2. The molecule has 8 heteroatoms. The number of amides is 2. The molecule has 2 aromatic rings. The van der Waals surface area contributed by atoms with E-state index in [1.165, 1.54) is 0 Å². The molecule has 22 heavy (non-hydrogen) atoms. The second-order valence-electron chi connectivity index (χ2n) is 5.14. The monoisotopic (exact) mass is 300 g/mol. The van der Waals surface area contributed by atoms with E-state index in [4.69, 9.17) is 0 Å². The highest BCUT2D eigenvalue weighted by Crippen LogP contribution is 2.15. The second kappa shape index (κ2) is 5.92. The van der Waals surface area contributed by atoms with Crippen molar-refractivity contribution >= 4 is 17.5 Å². The zero-order valence-electron chi connectivity index (χ0n) is 12.2. The topological polar surface area (TPSA) is 93.0 Å².